The predicted octanol–water partition coefficient (Wildman–Crippen LogP) is 4.40. The number of nitrogens with one attached hydrogen (secondary N) is 2. The number of hydrogen-bond acceptors (Lipinski definition) is 3. The molecule has 2 aromatic heterocycles. The molecule has 0 radical (unpaired) electrons. The lowest BCUT2D eigenvalue weighted by Gasteiger charge is -2.21. The lowest BCUT2D eigenvalue weighted by atomic mass is 10.2. The number of hydrogen-bond donors (Lipinski definition) is 2. The van der Waals surface area contributed by atoms with Crippen LogP contribution >= 0.6 is 35.3 Å². The average Bonchev–Trinajstić information content (AvgIpc) is 3.34. The number of aromatic amines is 1. The van der Waals surface area contributed by atoms with E-state index in [0.29, 0.717) is 6.54 Å². The van der Waals surface area contributed by atoms with Gasteiger partial charge in [-0.2, -0.15) is 11.3 Å². The Bertz CT molecular complexity index is 814. The molecule has 0 aliphatic carbocycles. The van der Waals surface area contributed by atoms with E-state index >= 15 is 0 Å². The highest BCUT2D eigenvalue weighted by Crippen LogP contribution is 2.16. The van der Waals surface area contributed by atoms with Crippen LogP contribution in [0.3, 0.4) is 0 Å². The second-order valence-electron chi connectivity index (χ2n) is 6.08. The van der Waals surface area contributed by atoms with Crippen LogP contribution in [0.15, 0.2) is 58.3 Å². The van der Waals surface area contributed by atoms with Gasteiger partial charge in [0.2, 0.25) is 0 Å². The van der Waals surface area contributed by atoms with E-state index in [0.717, 1.165) is 42.6 Å². The van der Waals surface area contributed by atoms with Crippen LogP contribution in [0.1, 0.15) is 18.3 Å². The van der Waals surface area contributed by atoms with Gasteiger partial charge in [0.05, 0.1) is 18.4 Å². The molecule has 0 saturated carbocycles. The summed E-state index contributed by atoms with van der Waals surface area (Å²) in [6, 6.07) is 12.4. The minimum absolute atomic E-state index is 0. The van der Waals surface area contributed by atoms with E-state index in [-0.39, 0.29) is 24.0 Å². The molecule has 0 amide bonds. The molecule has 7 heteroatoms. The Hall–Kier alpha value is -1.87. The molecule has 0 fully saturated rings. The Balaban J connectivity index is 0.00000261. The Kier molecular flexibility index (Phi) is 8.80. The van der Waals surface area contributed by atoms with E-state index in [1.165, 1.54) is 5.56 Å². The van der Waals surface area contributed by atoms with Crippen LogP contribution in [0.4, 0.5) is 0 Å². The number of benzene rings is 1. The maximum atomic E-state index is 4.74. The van der Waals surface area contributed by atoms with Crippen molar-refractivity contribution in [3.05, 3.63) is 64.7 Å². The maximum Gasteiger partial charge on any atom is 0.194 e. The summed E-state index contributed by atoms with van der Waals surface area (Å²) < 4.78 is 0. The Morgan fingerprint density at radius 1 is 1.26 bits per heavy atom. The Morgan fingerprint density at radius 2 is 2.07 bits per heavy atom. The van der Waals surface area contributed by atoms with Gasteiger partial charge in [0.1, 0.15) is 5.82 Å². The van der Waals surface area contributed by atoms with Crippen molar-refractivity contribution in [1.82, 2.24) is 20.2 Å². The number of imidazole rings is 1. The summed E-state index contributed by atoms with van der Waals surface area (Å²) in [6.07, 6.45) is 2.85. The second-order valence-corrected chi connectivity index (χ2v) is 6.86. The summed E-state index contributed by atoms with van der Waals surface area (Å²) in [5.74, 6) is 1.83. The first kappa shape index (κ1) is 21.4. The van der Waals surface area contributed by atoms with E-state index < -0.39 is 0 Å². The number of aromatic nitrogens is 2. The van der Waals surface area contributed by atoms with Crippen LogP contribution in [0.2, 0.25) is 0 Å². The third-order valence-corrected chi connectivity index (χ3v) is 4.77. The molecule has 3 rings (SSSR count). The Labute approximate surface area is 182 Å². The summed E-state index contributed by atoms with van der Waals surface area (Å²) >= 11 is 1.73. The second kappa shape index (κ2) is 11.1. The summed E-state index contributed by atoms with van der Waals surface area (Å²) in [7, 11) is 2.04. The van der Waals surface area contributed by atoms with Crippen LogP contribution in [-0.2, 0) is 13.0 Å². The molecule has 0 atom stereocenters. The summed E-state index contributed by atoms with van der Waals surface area (Å²) in [5.41, 5.74) is 3.52. The fourth-order valence-corrected chi connectivity index (χ4v) is 3.41. The zero-order valence-corrected chi connectivity index (χ0v) is 18.8. The van der Waals surface area contributed by atoms with E-state index in [4.69, 9.17) is 4.99 Å². The first-order chi connectivity index (χ1) is 12.8. The molecule has 0 saturated heterocycles. The van der Waals surface area contributed by atoms with Gasteiger partial charge < -0.3 is 15.2 Å². The number of aliphatic imine (C=N–C) groups is 1. The van der Waals surface area contributed by atoms with Crippen LogP contribution < -0.4 is 5.32 Å². The fourth-order valence-electron chi connectivity index (χ4n) is 2.70. The van der Waals surface area contributed by atoms with Crippen LogP contribution in [0.25, 0.3) is 11.3 Å². The molecule has 2 N–H and O–H groups in total. The van der Waals surface area contributed by atoms with Gasteiger partial charge in [-0.05, 0) is 41.3 Å². The van der Waals surface area contributed by atoms with Crippen molar-refractivity contribution in [2.45, 2.75) is 19.9 Å². The zero-order chi connectivity index (χ0) is 18.2. The van der Waals surface area contributed by atoms with Crippen molar-refractivity contribution in [2.75, 3.05) is 20.1 Å². The SMILES string of the molecule is CCNC(=NCCc1ccsc1)N(C)Cc1ncc(-c2ccccc2)[nH]1.I. The van der Waals surface area contributed by atoms with E-state index in [1.54, 1.807) is 11.3 Å². The molecule has 0 aliphatic heterocycles. The number of nitrogens with zero attached hydrogens (tertiary/aromatic N) is 3. The number of H-pyrrole nitrogens is 1. The smallest absolute Gasteiger partial charge is 0.194 e. The molecular formula is C20H26IN5S. The number of guanidine groups is 1. The Morgan fingerprint density at radius 3 is 2.78 bits per heavy atom. The fraction of sp³-hybridized carbons (Fsp3) is 0.300. The largest absolute Gasteiger partial charge is 0.357 e. The molecule has 0 aliphatic rings. The quantitative estimate of drug-likeness (QED) is 0.290. The van der Waals surface area contributed by atoms with E-state index in [9.17, 15) is 0 Å². The van der Waals surface area contributed by atoms with Crippen LogP contribution in [0, 0.1) is 0 Å². The lowest BCUT2D eigenvalue weighted by Crippen LogP contribution is -2.38. The monoisotopic (exact) mass is 495 g/mol. The third-order valence-electron chi connectivity index (χ3n) is 4.04. The molecule has 0 unspecified atom stereocenters. The first-order valence-corrected chi connectivity index (χ1v) is 9.80. The van der Waals surface area contributed by atoms with Crippen molar-refractivity contribution in [1.29, 1.82) is 0 Å². The molecule has 3 aromatic rings. The van der Waals surface area contributed by atoms with Crippen molar-refractivity contribution in [3.63, 3.8) is 0 Å². The highest BCUT2D eigenvalue weighted by Gasteiger charge is 2.09. The van der Waals surface area contributed by atoms with Crippen LogP contribution in [0.5, 0.6) is 0 Å². The molecule has 144 valence electrons. The summed E-state index contributed by atoms with van der Waals surface area (Å²) in [5, 5.41) is 7.65. The molecule has 0 bridgehead atoms. The summed E-state index contributed by atoms with van der Waals surface area (Å²) in [4.78, 5) is 14.8. The van der Waals surface area contributed by atoms with Crippen LogP contribution in [-0.4, -0.2) is 41.0 Å². The predicted molar refractivity (Wildman–Crippen MR) is 125 cm³/mol. The number of rotatable bonds is 7. The van der Waals surface area contributed by atoms with Crippen molar-refractivity contribution < 1.29 is 0 Å². The van der Waals surface area contributed by atoms with E-state index in [1.807, 2.05) is 31.4 Å². The van der Waals surface area contributed by atoms with Crippen molar-refractivity contribution in [2.24, 2.45) is 4.99 Å². The molecule has 2 heterocycles. The minimum atomic E-state index is 0. The average molecular weight is 495 g/mol. The van der Waals surface area contributed by atoms with E-state index in [2.05, 4.69) is 56.1 Å². The van der Waals surface area contributed by atoms with Crippen molar-refractivity contribution >= 4 is 41.3 Å². The highest BCUT2D eigenvalue weighted by molar-refractivity contribution is 14.0. The standard InChI is InChI=1S/C20H25N5S.HI/c1-3-21-20(22-11-9-16-10-12-26-15-16)25(2)14-19-23-13-18(24-19)17-7-5-4-6-8-17;/h4-8,10,12-13,15H,3,9,11,14H2,1-2H3,(H,21,22)(H,23,24);1H. The summed E-state index contributed by atoms with van der Waals surface area (Å²) in [6.45, 7) is 4.38. The molecule has 0 spiro atoms. The van der Waals surface area contributed by atoms with Gasteiger partial charge in [0.15, 0.2) is 5.96 Å². The lowest BCUT2D eigenvalue weighted by molar-refractivity contribution is 0.464. The molecular weight excluding hydrogens is 469 g/mol. The van der Waals surface area contributed by atoms with Gasteiger partial charge in [-0.15, -0.1) is 24.0 Å². The topological polar surface area (TPSA) is 56.3 Å². The normalized spacial score (nSPS) is 11.1. The minimum Gasteiger partial charge on any atom is -0.357 e. The van der Waals surface area contributed by atoms with Gasteiger partial charge >= 0.3 is 0 Å². The van der Waals surface area contributed by atoms with Gasteiger partial charge in [-0.25, -0.2) is 4.98 Å². The first-order valence-electron chi connectivity index (χ1n) is 8.86. The molecule has 27 heavy (non-hydrogen) atoms. The third kappa shape index (κ3) is 6.35. The zero-order valence-electron chi connectivity index (χ0n) is 15.7. The molecule has 5 nitrogen and oxygen atoms in total. The van der Waals surface area contributed by atoms with Gasteiger partial charge in [0.25, 0.3) is 0 Å². The van der Waals surface area contributed by atoms with Gasteiger partial charge in [0, 0.05) is 20.1 Å². The highest BCUT2D eigenvalue weighted by atomic mass is 127. The van der Waals surface area contributed by atoms with Gasteiger partial charge in [-0.3, -0.25) is 4.99 Å². The van der Waals surface area contributed by atoms with Crippen molar-refractivity contribution in [3.8, 4) is 11.3 Å². The number of halogens is 1. The number of thiophene rings is 1. The molecule has 1 aromatic carbocycles. The maximum absolute atomic E-state index is 4.74. The van der Waals surface area contributed by atoms with Gasteiger partial charge in [-0.1, -0.05) is 30.3 Å².